The molecule has 0 heterocycles. The van der Waals surface area contributed by atoms with Gasteiger partial charge in [0, 0.05) is 28.2 Å². The Morgan fingerprint density at radius 3 is 2.12 bits per heavy atom. The third-order valence-electron chi connectivity index (χ3n) is 4.81. The van der Waals surface area contributed by atoms with Gasteiger partial charge in [0.25, 0.3) is 0 Å². The molecule has 0 saturated carbocycles. The number of rotatable bonds is 8. The summed E-state index contributed by atoms with van der Waals surface area (Å²) in [4.78, 5) is 24.1. The van der Waals surface area contributed by atoms with Crippen molar-refractivity contribution in [3.63, 3.8) is 0 Å². The summed E-state index contributed by atoms with van der Waals surface area (Å²) >= 11 is 0. The molecular formula is C28H26O5. The quantitative estimate of drug-likeness (QED) is 0.174. The van der Waals surface area contributed by atoms with E-state index in [9.17, 15) is 9.59 Å². The minimum absolute atomic E-state index is 0.307. The van der Waals surface area contributed by atoms with Crippen LogP contribution in [0.1, 0.15) is 20.8 Å². The lowest BCUT2D eigenvalue weighted by Gasteiger charge is -2.16. The molecule has 3 aromatic rings. The van der Waals surface area contributed by atoms with Crippen molar-refractivity contribution in [3.8, 4) is 28.4 Å². The van der Waals surface area contributed by atoms with Gasteiger partial charge in [-0.1, -0.05) is 49.6 Å². The molecule has 0 amide bonds. The van der Waals surface area contributed by atoms with Gasteiger partial charge in [-0.15, -0.1) is 0 Å². The van der Waals surface area contributed by atoms with Crippen molar-refractivity contribution in [2.24, 2.45) is 0 Å². The fourth-order valence-electron chi connectivity index (χ4n) is 3.12. The molecule has 0 N–H and O–H groups in total. The Hall–Kier alpha value is -4.12. The average Bonchev–Trinajstić information content (AvgIpc) is 2.79. The predicted molar refractivity (Wildman–Crippen MR) is 131 cm³/mol. The number of esters is 2. The minimum Gasteiger partial charge on any atom is -0.489 e. The van der Waals surface area contributed by atoms with E-state index >= 15 is 0 Å². The zero-order valence-corrected chi connectivity index (χ0v) is 19.0. The molecule has 0 spiro atoms. The number of hydrogen-bond donors (Lipinski definition) is 0. The molecule has 0 aliphatic carbocycles. The van der Waals surface area contributed by atoms with Gasteiger partial charge in [0.05, 0.1) is 0 Å². The van der Waals surface area contributed by atoms with Gasteiger partial charge in [-0.3, -0.25) is 0 Å². The van der Waals surface area contributed by atoms with Gasteiger partial charge in [-0.2, -0.15) is 0 Å². The van der Waals surface area contributed by atoms with Crippen molar-refractivity contribution in [2.45, 2.75) is 20.8 Å². The van der Waals surface area contributed by atoms with Crippen molar-refractivity contribution in [2.75, 3.05) is 6.61 Å². The van der Waals surface area contributed by atoms with E-state index < -0.39 is 11.9 Å². The first-order valence-electron chi connectivity index (χ1n) is 10.5. The predicted octanol–water partition coefficient (Wildman–Crippen LogP) is 6.42. The van der Waals surface area contributed by atoms with Gasteiger partial charge < -0.3 is 14.2 Å². The van der Waals surface area contributed by atoms with Crippen LogP contribution in [0.25, 0.3) is 21.9 Å². The zero-order valence-electron chi connectivity index (χ0n) is 19.0. The molecule has 0 atom stereocenters. The summed E-state index contributed by atoms with van der Waals surface area (Å²) in [5, 5.41) is 1.66. The molecule has 168 valence electrons. The van der Waals surface area contributed by atoms with Crippen LogP contribution < -0.4 is 14.2 Å². The summed E-state index contributed by atoms with van der Waals surface area (Å²) in [5.74, 6) is 0.379. The molecule has 0 fully saturated rings. The number of carbonyl (C=O) groups is 2. The van der Waals surface area contributed by atoms with Crippen LogP contribution in [-0.2, 0) is 9.59 Å². The molecule has 3 aromatic carbocycles. The van der Waals surface area contributed by atoms with Crippen LogP contribution in [0.2, 0.25) is 0 Å². The second kappa shape index (κ2) is 10.5. The highest BCUT2D eigenvalue weighted by atomic mass is 16.5. The summed E-state index contributed by atoms with van der Waals surface area (Å²) in [7, 11) is 0. The van der Waals surface area contributed by atoms with Gasteiger partial charge in [0.1, 0.15) is 23.9 Å². The van der Waals surface area contributed by atoms with Crippen LogP contribution in [0.3, 0.4) is 0 Å². The lowest BCUT2D eigenvalue weighted by atomic mass is 9.96. The van der Waals surface area contributed by atoms with E-state index in [0.717, 1.165) is 21.9 Å². The molecule has 0 aliphatic heterocycles. The topological polar surface area (TPSA) is 61.8 Å². The fourth-order valence-corrected chi connectivity index (χ4v) is 3.12. The van der Waals surface area contributed by atoms with E-state index in [1.807, 2.05) is 55.5 Å². The third-order valence-corrected chi connectivity index (χ3v) is 4.81. The number of benzene rings is 3. The first-order valence-corrected chi connectivity index (χ1v) is 10.5. The van der Waals surface area contributed by atoms with E-state index in [1.54, 1.807) is 32.0 Å². The number of ether oxygens (including phenoxy) is 3. The van der Waals surface area contributed by atoms with Gasteiger partial charge >= 0.3 is 11.9 Å². The maximum atomic E-state index is 12.1. The molecule has 33 heavy (non-hydrogen) atoms. The third kappa shape index (κ3) is 5.57. The highest BCUT2D eigenvalue weighted by molar-refractivity contribution is 6.03. The highest BCUT2D eigenvalue weighted by Crippen LogP contribution is 2.40. The lowest BCUT2D eigenvalue weighted by Crippen LogP contribution is -2.09. The van der Waals surface area contributed by atoms with Crippen LogP contribution in [0.4, 0.5) is 0 Å². The summed E-state index contributed by atoms with van der Waals surface area (Å²) in [5.41, 5.74) is 2.32. The number of carbonyl (C=O) groups excluding carboxylic acids is 2. The highest BCUT2D eigenvalue weighted by Gasteiger charge is 2.16. The Balaban J connectivity index is 2.11. The van der Waals surface area contributed by atoms with Gasteiger partial charge in [-0.05, 0) is 56.0 Å². The smallest absolute Gasteiger partial charge is 0.338 e. The Morgan fingerprint density at radius 2 is 1.45 bits per heavy atom. The normalized spacial score (nSPS) is 10.8. The summed E-state index contributed by atoms with van der Waals surface area (Å²) < 4.78 is 16.9. The largest absolute Gasteiger partial charge is 0.489 e. The van der Waals surface area contributed by atoms with Crippen molar-refractivity contribution in [1.82, 2.24) is 0 Å². The Morgan fingerprint density at radius 1 is 0.818 bits per heavy atom. The van der Waals surface area contributed by atoms with Crippen LogP contribution in [0, 0.1) is 0 Å². The van der Waals surface area contributed by atoms with Crippen LogP contribution in [0.15, 0.2) is 91.1 Å². The minimum atomic E-state index is -0.503. The second-order valence-electron chi connectivity index (χ2n) is 7.53. The number of hydrogen-bond acceptors (Lipinski definition) is 5. The molecule has 3 rings (SSSR count). The first kappa shape index (κ1) is 23.5. The Bertz CT molecular complexity index is 1270. The Labute approximate surface area is 193 Å². The molecule has 0 bridgehead atoms. The number of allylic oxidation sites excluding steroid dienone is 1. The van der Waals surface area contributed by atoms with Crippen molar-refractivity contribution < 1.29 is 23.8 Å². The lowest BCUT2D eigenvalue weighted by molar-refractivity contribution is -0.130. The summed E-state index contributed by atoms with van der Waals surface area (Å²) in [6.45, 7) is 12.7. The van der Waals surface area contributed by atoms with E-state index in [-0.39, 0.29) is 0 Å². The monoisotopic (exact) mass is 442 g/mol. The first-order chi connectivity index (χ1) is 15.8. The molecule has 0 aliphatic rings. The van der Waals surface area contributed by atoms with E-state index in [1.165, 1.54) is 0 Å². The van der Waals surface area contributed by atoms with Crippen molar-refractivity contribution in [1.29, 1.82) is 0 Å². The van der Waals surface area contributed by atoms with Crippen LogP contribution in [0.5, 0.6) is 17.2 Å². The second-order valence-corrected chi connectivity index (χ2v) is 7.53. The summed E-state index contributed by atoms with van der Waals surface area (Å²) in [6, 6.07) is 16.5. The van der Waals surface area contributed by atoms with Crippen LogP contribution >= 0.6 is 0 Å². The standard InChI is InChI=1S/C28H26O5/c1-6-7-16-31-26-17-20(32-27(29)18(2)3)12-13-24(26)22-14-15-25(33-28(30)19(4)5)23-11-9-8-10-21(22)23/h6-15,17H,2,4,16H2,1,3,5H3/b7-6+. The molecule has 0 saturated heterocycles. The van der Waals surface area contributed by atoms with E-state index in [0.29, 0.717) is 35.0 Å². The van der Waals surface area contributed by atoms with Crippen LogP contribution in [-0.4, -0.2) is 18.5 Å². The fraction of sp³-hybridized carbons (Fsp3) is 0.143. The maximum Gasteiger partial charge on any atom is 0.338 e. The molecule has 0 unspecified atom stereocenters. The SMILES string of the molecule is C=C(C)C(=O)Oc1ccc(-c2ccc(OC(=O)C(=C)C)c3ccccc23)c(OC/C=C/C)c1. The van der Waals surface area contributed by atoms with Crippen molar-refractivity contribution >= 4 is 22.7 Å². The maximum absolute atomic E-state index is 12.1. The number of fused-ring (bicyclic) bond motifs is 1. The Kier molecular flexibility index (Phi) is 7.46. The zero-order chi connectivity index (χ0) is 24.0. The van der Waals surface area contributed by atoms with E-state index in [2.05, 4.69) is 13.2 Å². The van der Waals surface area contributed by atoms with Gasteiger partial charge in [0.15, 0.2) is 0 Å². The van der Waals surface area contributed by atoms with Crippen molar-refractivity contribution in [3.05, 3.63) is 91.1 Å². The summed E-state index contributed by atoms with van der Waals surface area (Å²) in [6.07, 6.45) is 3.78. The molecule has 0 radical (unpaired) electrons. The molecule has 5 nitrogen and oxygen atoms in total. The van der Waals surface area contributed by atoms with Gasteiger partial charge in [0.2, 0.25) is 0 Å². The van der Waals surface area contributed by atoms with Gasteiger partial charge in [-0.25, -0.2) is 9.59 Å². The molecule has 0 aromatic heterocycles. The molecular weight excluding hydrogens is 416 g/mol. The van der Waals surface area contributed by atoms with E-state index in [4.69, 9.17) is 14.2 Å². The molecule has 5 heteroatoms. The average molecular weight is 443 g/mol.